The summed E-state index contributed by atoms with van der Waals surface area (Å²) in [7, 11) is -3.73. The summed E-state index contributed by atoms with van der Waals surface area (Å²) in [6.07, 6.45) is 4.09. The molecule has 2 heterocycles. The van der Waals surface area contributed by atoms with Gasteiger partial charge in [0.2, 0.25) is 0 Å². The fourth-order valence-electron chi connectivity index (χ4n) is 2.15. The summed E-state index contributed by atoms with van der Waals surface area (Å²) in [5, 5.41) is 3.94. The van der Waals surface area contributed by atoms with Crippen LogP contribution in [0.25, 0.3) is 5.82 Å². The van der Waals surface area contributed by atoms with Gasteiger partial charge < -0.3 is 0 Å². The third kappa shape index (κ3) is 3.19. The Labute approximate surface area is 133 Å². The highest BCUT2D eigenvalue weighted by Crippen LogP contribution is 2.19. The lowest BCUT2D eigenvalue weighted by Crippen LogP contribution is -2.15. The molecule has 0 unspecified atom stereocenters. The summed E-state index contributed by atoms with van der Waals surface area (Å²) < 4.78 is 28.9. The number of hydrogen-bond donors (Lipinski definition) is 1. The molecule has 0 fully saturated rings. The van der Waals surface area contributed by atoms with Crippen molar-refractivity contribution in [3.05, 3.63) is 54.4 Å². The van der Waals surface area contributed by atoms with Gasteiger partial charge in [0, 0.05) is 6.07 Å². The van der Waals surface area contributed by atoms with Crippen LogP contribution >= 0.6 is 0 Å². The van der Waals surface area contributed by atoms with Crippen LogP contribution in [0, 0.1) is 13.8 Å². The number of benzene rings is 1. The minimum absolute atomic E-state index is 0.158. The molecule has 118 valence electrons. The van der Waals surface area contributed by atoms with Gasteiger partial charge in [-0.2, -0.15) is 5.10 Å². The molecule has 1 aromatic carbocycles. The fraction of sp³-hybridized carbons (Fsp3) is 0.143. The van der Waals surface area contributed by atoms with Crippen LogP contribution in [0.4, 0.5) is 5.82 Å². The number of rotatable bonds is 4. The Morgan fingerprint density at radius 3 is 2.61 bits per heavy atom. The van der Waals surface area contributed by atoms with Gasteiger partial charge in [-0.3, -0.25) is 4.72 Å². The van der Waals surface area contributed by atoms with E-state index in [-0.39, 0.29) is 10.7 Å². The monoisotopic (exact) mass is 330 g/mol. The van der Waals surface area contributed by atoms with Gasteiger partial charge in [0.1, 0.15) is 24.8 Å². The van der Waals surface area contributed by atoms with E-state index >= 15 is 0 Å². The van der Waals surface area contributed by atoms with E-state index < -0.39 is 10.0 Å². The van der Waals surface area contributed by atoms with Crippen molar-refractivity contribution in [3.8, 4) is 5.82 Å². The van der Waals surface area contributed by atoms with Gasteiger partial charge in [-0.25, -0.2) is 28.1 Å². The largest absolute Gasteiger partial charge is 0.263 e. The first-order valence-electron chi connectivity index (χ1n) is 6.73. The quantitative estimate of drug-likeness (QED) is 0.777. The lowest BCUT2D eigenvalue weighted by Gasteiger charge is -2.10. The summed E-state index contributed by atoms with van der Waals surface area (Å²) >= 11 is 0. The Bertz CT molecular complexity index is 938. The van der Waals surface area contributed by atoms with Gasteiger partial charge in [0.15, 0.2) is 5.82 Å². The maximum absolute atomic E-state index is 12.5. The Hall–Kier alpha value is -2.81. The molecule has 3 rings (SSSR count). The van der Waals surface area contributed by atoms with E-state index in [1.54, 1.807) is 19.1 Å². The number of sulfonamides is 1. The van der Waals surface area contributed by atoms with E-state index in [1.807, 2.05) is 13.0 Å². The molecule has 0 aliphatic heterocycles. The lowest BCUT2D eigenvalue weighted by molar-refractivity contribution is 0.600. The predicted molar refractivity (Wildman–Crippen MR) is 83.7 cm³/mol. The van der Waals surface area contributed by atoms with Crippen LogP contribution in [-0.2, 0) is 10.0 Å². The van der Waals surface area contributed by atoms with Crippen molar-refractivity contribution in [2.45, 2.75) is 18.7 Å². The molecule has 0 saturated heterocycles. The molecule has 0 aliphatic carbocycles. The second kappa shape index (κ2) is 5.76. The smallest absolute Gasteiger partial charge is 0.263 e. The van der Waals surface area contributed by atoms with E-state index in [1.165, 1.54) is 29.7 Å². The van der Waals surface area contributed by atoms with Crippen molar-refractivity contribution in [3.63, 3.8) is 0 Å². The van der Waals surface area contributed by atoms with E-state index in [9.17, 15) is 8.42 Å². The van der Waals surface area contributed by atoms with Crippen molar-refractivity contribution in [2.24, 2.45) is 0 Å². The molecule has 9 heteroatoms. The highest BCUT2D eigenvalue weighted by atomic mass is 32.2. The Morgan fingerprint density at radius 1 is 1.09 bits per heavy atom. The van der Waals surface area contributed by atoms with E-state index in [0.717, 1.165) is 5.56 Å². The topological polar surface area (TPSA) is 103 Å². The Morgan fingerprint density at radius 2 is 1.91 bits per heavy atom. The zero-order valence-electron chi connectivity index (χ0n) is 12.5. The maximum Gasteiger partial charge on any atom is 0.263 e. The molecule has 0 amide bonds. The van der Waals surface area contributed by atoms with Crippen molar-refractivity contribution >= 4 is 15.8 Å². The molecule has 2 aromatic heterocycles. The van der Waals surface area contributed by atoms with Crippen LogP contribution < -0.4 is 4.72 Å². The summed E-state index contributed by atoms with van der Waals surface area (Å²) in [6.45, 7) is 3.66. The van der Waals surface area contributed by atoms with Gasteiger partial charge in [-0.05, 0) is 25.5 Å². The summed E-state index contributed by atoms with van der Waals surface area (Å²) in [4.78, 5) is 12.0. The minimum Gasteiger partial charge on any atom is -0.263 e. The number of hydrogen-bond acceptors (Lipinski definition) is 6. The molecular weight excluding hydrogens is 316 g/mol. The first kappa shape index (κ1) is 15.1. The normalized spacial score (nSPS) is 11.4. The zero-order chi connectivity index (χ0) is 16.4. The molecule has 0 saturated carbocycles. The lowest BCUT2D eigenvalue weighted by atomic mass is 10.2. The maximum atomic E-state index is 12.5. The number of anilines is 1. The third-order valence-corrected chi connectivity index (χ3v) is 4.68. The Balaban J connectivity index is 1.93. The van der Waals surface area contributed by atoms with E-state index in [4.69, 9.17) is 0 Å². The highest BCUT2D eigenvalue weighted by Gasteiger charge is 2.18. The van der Waals surface area contributed by atoms with Crippen LogP contribution in [-0.4, -0.2) is 33.2 Å². The van der Waals surface area contributed by atoms with Crippen LogP contribution in [0.5, 0.6) is 0 Å². The predicted octanol–water partition coefficient (Wildman–Crippen LogP) is 1.47. The van der Waals surface area contributed by atoms with Crippen LogP contribution in [0.3, 0.4) is 0 Å². The van der Waals surface area contributed by atoms with Crippen LogP contribution in [0.2, 0.25) is 0 Å². The summed E-state index contributed by atoms with van der Waals surface area (Å²) in [5.41, 5.74) is 1.67. The molecule has 0 bridgehead atoms. The standard InChI is InChI=1S/C14H14N6O2S/c1-10-3-4-12(11(2)5-10)23(21,22)19-13-6-14(17-8-16-13)20-9-15-7-18-20/h3-9H,1-2H3,(H,16,17,19). The van der Waals surface area contributed by atoms with Crippen molar-refractivity contribution in [1.29, 1.82) is 0 Å². The molecular formula is C14H14N6O2S. The van der Waals surface area contributed by atoms with Gasteiger partial charge in [-0.1, -0.05) is 17.7 Å². The van der Waals surface area contributed by atoms with Gasteiger partial charge >= 0.3 is 0 Å². The SMILES string of the molecule is Cc1ccc(S(=O)(=O)Nc2cc(-n3cncn3)ncn2)c(C)c1. The zero-order valence-corrected chi connectivity index (χ0v) is 13.3. The van der Waals surface area contributed by atoms with Crippen molar-refractivity contribution in [2.75, 3.05) is 4.72 Å². The number of nitrogens with zero attached hydrogens (tertiary/aromatic N) is 5. The van der Waals surface area contributed by atoms with Gasteiger partial charge in [0.05, 0.1) is 4.90 Å². The first-order chi connectivity index (χ1) is 11.0. The van der Waals surface area contributed by atoms with Gasteiger partial charge in [0.25, 0.3) is 10.0 Å². The number of aromatic nitrogens is 5. The van der Waals surface area contributed by atoms with Crippen LogP contribution in [0.1, 0.15) is 11.1 Å². The number of nitrogens with one attached hydrogen (secondary N) is 1. The second-order valence-corrected chi connectivity index (χ2v) is 6.63. The van der Waals surface area contributed by atoms with E-state index in [2.05, 4.69) is 24.8 Å². The molecule has 0 spiro atoms. The highest BCUT2D eigenvalue weighted by molar-refractivity contribution is 7.92. The number of aryl methyl sites for hydroxylation is 2. The molecule has 23 heavy (non-hydrogen) atoms. The molecule has 0 aliphatic rings. The molecule has 1 N–H and O–H groups in total. The van der Waals surface area contributed by atoms with Crippen LogP contribution in [0.15, 0.2) is 48.1 Å². The Kier molecular flexibility index (Phi) is 3.78. The first-order valence-corrected chi connectivity index (χ1v) is 8.21. The van der Waals surface area contributed by atoms with Gasteiger partial charge in [-0.15, -0.1) is 0 Å². The third-order valence-electron chi connectivity index (χ3n) is 3.17. The molecule has 3 aromatic rings. The minimum atomic E-state index is -3.73. The van der Waals surface area contributed by atoms with Crippen molar-refractivity contribution in [1.82, 2.24) is 24.7 Å². The van der Waals surface area contributed by atoms with Crippen molar-refractivity contribution < 1.29 is 8.42 Å². The molecule has 0 atom stereocenters. The second-order valence-electron chi connectivity index (χ2n) is 4.98. The van der Waals surface area contributed by atoms with E-state index in [0.29, 0.717) is 11.4 Å². The summed E-state index contributed by atoms with van der Waals surface area (Å²) in [6, 6.07) is 6.63. The molecule has 8 nitrogen and oxygen atoms in total. The summed E-state index contributed by atoms with van der Waals surface area (Å²) in [5.74, 6) is 0.571. The average molecular weight is 330 g/mol. The fourth-order valence-corrected chi connectivity index (χ4v) is 3.38. The average Bonchev–Trinajstić information content (AvgIpc) is 3.00. The molecule has 0 radical (unpaired) electrons.